The summed E-state index contributed by atoms with van der Waals surface area (Å²) in [4.78, 5) is 14.2. The van der Waals surface area contributed by atoms with E-state index in [1.807, 2.05) is 0 Å². The molecule has 0 N–H and O–H groups in total. The molecule has 0 aliphatic carbocycles. The predicted octanol–water partition coefficient (Wildman–Crippen LogP) is -0.692. The van der Waals surface area contributed by atoms with E-state index in [0.717, 1.165) is 0 Å². The molecule has 0 fully saturated rings. The molecule has 1 aliphatic rings. The van der Waals surface area contributed by atoms with Gasteiger partial charge >= 0.3 is 51.4 Å². The predicted molar refractivity (Wildman–Crippen MR) is 85.2 cm³/mol. The molecule has 7 nitrogen and oxygen atoms in total. The molecule has 2 rings (SSSR count). The van der Waals surface area contributed by atoms with Crippen LogP contribution in [-0.2, 0) is 19.5 Å². The van der Waals surface area contributed by atoms with Crippen LogP contribution in [0.25, 0.3) is 0 Å². The summed E-state index contributed by atoms with van der Waals surface area (Å²) in [6.45, 7) is 5.69. The molecular weight excluding hydrogens is 383 g/mol. The van der Waals surface area contributed by atoms with E-state index in [0.29, 0.717) is 16.3 Å². The van der Waals surface area contributed by atoms with E-state index in [9.17, 15) is 17.8 Å². The van der Waals surface area contributed by atoms with Crippen molar-refractivity contribution >= 4 is 39.3 Å². The third-order valence-electron chi connectivity index (χ3n) is 3.26. The topological polar surface area (TPSA) is 99.1 Å². The third kappa shape index (κ3) is 5.50. The molecule has 0 saturated heterocycles. The van der Waals surface area contributed by atoms with Gasteiger partial charge in [0.2, 0.25) is 5.91 Å². The first-order valence-corrected chi connectivity index (χ1v) is 8.53. The molecule has 1 aromatic rings. The third-order valence-corrected chi connectivity index (χ3v) is 3.75. The summed E-state index contributed by atoms with van der Waals surface area (Å²) >= 11 is 6.00. The number of halogens is 1. The number of rotatable bonds is 2. The molecule has 1 amide bonds. The maximum absolute atomic E-state index is 12.6. The van der Waals surface area contributed by atoms with Gasteiger partial charge < -0.3 is 9.45 Å². The molecule has 1 heterocycles. The second kappa shape index (κ2) is 8.13. The van der Waals surface area contributed by atoms with E-state index < -0.39 is 15.8 Å². The van der Waals surface area contributed by atoms with Gasteiger partial charge in [-0.3, -0.25) is 9.08 Å². The Balaban J connectivity index is 0.00000288. The number of benzene rings is 1. The minimum absolute atomic E-state index is 0. The molecule has 10 heteroatoms. The first-order valence-electron chi connectivity index (χ1n) is 6.82. The summed E-state index contributed by atoms with van der Waals surface area (Å²) < 4.78 is 35.7. The number of fused-ring (bicyclic) bond motifs is 1. The van der Waals surface area contributed by atoms with Crippen molar-refractivity contribution in [3.63, 3.8) is 0 Å². The number of hydrogen-bond acceptors (Lipinski definition) is 6. The smallest absolute Gasteiger partial charge is 0.714 e. The van der Waals surface area contributed by atoms with Gasteiger partial charge in [-0.25, -0.2) is 0 Å². The number of carbonyl (C=O) groups excluding carboxylic acids is 1. The maximum atomic E-state index is 12.6. The fraction of sp³-hybridized carbons (Fsp3) is 0.429. The van der Waals surface area contributed by atoms with Crippen LogP contribution >= 0.6 is 11.6 Å². The summed E-state index contributed by atoms with van der Waals surface area (Å²) in [5, 5.41) is 3.84. The van der Waals surface area contributed by atoms with Crippen molar-refractivity contribution in [2.75, 3.05) is 11.4 Å². The van der Waals surface area contributed by atoms with Crippen molar-refractivity contribution < 1.29 is 73.4 Å². The minimum atomic E-state index is -4.93. The van der Waals surface area contributed by atoms with Crippen molar-refractivity contribution in [3.05, 3.63) is 28.8 Å². The van der Waals surface area contributed by atoms with Crippen LogP contribution in [0.2, 0.25) is 5.02 Å². The van der Waals surface area contributed by atoms with Gasteiger partial charge in [-0.1, -0.05) is 37.5 Å². The number of nitrogens with zero attached hydrogens (tertiary/aromatic N) is 2. The normalized spacial score (nSPS) is 16.4. The molecule has 24 heavy (non-hydrogen) atoms. The van der Waals surface area contributed by atoms with Gasteiger partial charge in [0, 0.05) is 29.0 Å². The van der Waals surface area contributed by atoms with Gasteiger partial charge in [0.15, 0.2) is 0 Å². The van der Waals surface area contributed by atoms with E-state index in [4.69, 9.17) is 11.6 Å². The van der Waals surface area contributed by atoms with Crippen LogP contribution in [0.3, 0.4) is 0 Å². The van der Waals surface area contributed by atoms with Gasteiger partial charge in [-0.05, 0) is 18.2 Å². The molecular formula is C14H16ClKN2O5S. The van der Waals surface area contributed by atoms with Crippen molar-refractivity contribution in [3.8, 4) is 0 Å². The Morgan fingerprint density at radius 1 is 1.38 bits per heavy atom. The Morgan fingerprint density at radius 2 is 2.00 bits per heavy atom. The molecule has 0 unspecified atom stereocenters. The van der Waals surface area contributed by atoms with Crippen molar-refractivity contribution in [2.24, 2.45) is 10.6 Å². The summed E-state index contributed by atoms with van der Waals surface area (Å²) in [7, 11) is -4.93. The SMILES string of the molecule is CC(C)(C)C(=O)N1CC/C(=N\OS(=O)(=O)[O-])c2ccc(Cl)cc21.[K+]. The van der Waals surface area contributed by atoms with E-state index in [-0.39, 0.29) is 76.0 Å². The molecule has 1 aliphatic heterocycles. The Labute approximate surface area is 188 Å². The molecule has 0 spiro atoms. The van der Waals surface area contributed by atoms with Crippen LogP contribution in [0.4, 0.5) is 5.69 Å². The van der Waals surface area contributed by atoms with Crippen molar-refractivity contribution in [2.45, 2.75) is 27.2 Å². The number of amides is 1. The largest absolute Gasteiger partial charge is 1.00 e. The van der Waals surface area contributed by atoms with Crippen LogP contribution in [0.1, 0.15) is 32.8 Å². The van der Waals surface area contributed by atoms with Crippen LogP contribution < -0.4 is 56.3 Å². The zero-order chi connectivity index (χ0) is 17.4. The van der Waals surface area contributed by atoms with Crippen LogP contribution in [0, 0.1) is 5.41 Å². The summed E-state index contributed by atoms with van der Waals surface area (Å²) in [5.74, 6) is -0.0996. The van der Waals surface area contributed by atoms with Crippen LogP contribution in [0.5, 0.6) is 0 Å². The average Bonchev–Trinajstić information content (AvgIpc) is 2.41. The van der Waals surface area contributed by atoms with Gasteiger partial charge in [-0.15, -0.1) is 0 Å². The number of anilines is 1. The minimum Gasteiger partial charge on any atom is -0.714 e. The van der Waals surface area contributed by atoms with Gasteiger partial charge in [-0.2, -0.15) is 8.42 Å². The van der Waals surface area contributed by atoms with Crippen LogP contribution in [0.15, 0.2) is 23.4 Å². The fourth-order valence-electron chi connectivity index (χ4n) is 2.25. The van der Waals surface area contributed by atoms with Gasteiger partial charge in [0.25, 0.3) is 10.4 Å². The first kappa shape index (κ1) is 22.0. The van der Waals surface area contributed by atoms with E-state index >= 15 is 0 Å². The Morgan fingerprint density at radius 3 is 2.54 bits per heavy atom. The molecule has 0 aromatic heterocycles. The maximum Gasteiger partial charge on any atom is 1.00 e. The zero-order valence-corrected chi connectivity index (χ0v) is 18.6. The Kier molecular flexibility index (Phi) is 7.46. The molecule has 0 bridgehead atoms. The molecule has 0 atom stereocenters. The van der Waals surface area contributed by atoms with E-state index in [2.05, 4.69) is 9.44 Å². The second-order valence-corrected chi connectivity index (χ2v) is 7.54. The number of hydrogen-bond donors (Lipinski definition) is 0. The molecule has 1 aromatic carbocycles. The Hall–Kier alpha value is -0.00364. The van der Waals surface area contributed by atoms with E-state index in [1.165, 1.54) is 0 Å². The monoisotopic (exact) mass is 398 g/mol. The quantitative estimate of drug-likeness (QED) is 0.284. The number of oxime groups is 1. The summed E-state index contributed by atoms with van der Waals surface area (Å²) in [5.41, 5.74) is 0.689. The fourth-order valence-corrected chi connectivity index (χ4v) is 2.59. The van der Waals surface area contributed by atoms with Gasteiger partial charge in [0.05, 0.1) is 11.4 Å². The summed E-state index contributed by atoms with van der Waals surface area (Å²) in [6, 6.07) is 4.80. The average molecular weight is 399 g/mol. The first-order chi connectivity index (χ1) is 10.5. The Bertz CT molecular complexity index is 774. The van der Waals surface area contributed by atoms with Crippen molar-refractivity contribution in [1.29, 1.82) is 0 Å². The van der Waals surface area contributed by atoms with Crippen molar-refractivity contribution in [1.82, 2.24) is 0 Å². The van der Waals surface area contributed by atoms with Gasteiger partial charge in [0.1, 0.15) is 0 Å². The molecule has 0 saturated carbocycles. The number of carbonyl (C=O) groups is 1. The molecule has 126 valence electrons. The standard InChI is InChI=1S/C14H17ClN2O5S.K/c1-14(2,3)13(18)17-7-6-11(16-22-23(19,20)21)10-5-4-9(15)8-12(10)17;/h4-5,8H,6-7H2,1-3H3,(H,19,20,21);/q;+1/p-1/b16-11+;. The van der Waals surface area contributed by atoms with Crippen LogP contribution in [-0.4, -0.2) is 31.1 Å². The summed E-state index contributed by atoms with van der Waals surface area (Å²) in [6.07, 6.45) is 0.256. The second-order valence-electron chi connectivity index (χ2n) is 6.14. The molecule has 0 radical (unpaired) electrons. The zero-order valence-electron chi connectivity index (χ0n) is 13.9. The van der Waals surface area contributed by atoms with E-state index in [1.54, 1.807) is 43.9 Å².